The standard InChI is InChI=1S/C13H17F3N2O/c1-9(19)18-12-10(5-2-3-8-17)6-4-7-11(12)13(14,15)16/h4,6-7H,2-3,5,8,17H2,1H3,(H,18,19). The number of alkyl halides is 3. The first-order chi connectivity index (χ1) is 8.86. The van der Waals surface area contributed by atoms with Crippen molar-refractivity contribution in [3.63, 3.8) is 0 Å². The van der Waals surface area contributed by atoms with Gasteiger partial charge >= 0.3 is 6.18 Å². The number of hydrogen-bond acceptors (Lipinski definition) is 2. The number of carbonyl (C=O) groups is 1. The van der Waals surface area contributed by atoms with E-state index in [2.05, 4.69) is 5.32 Å². The van der Waals surface area contributed by atoms with E-state index >= 15 is 0 Å². The summed E-state index contributed by atoms with van der Waals surface area (Å²) in [6.07, 6.45) is -2.61. The Labute approximate surface area is 110 Å². The number of amides is 1. The highest BCUT2D eigenvalue weighted by Gasteiger charge is 2.34. The van der Waals surface area contributed by atoms with Crippen molar-refractivity contribution in [1.82, 2.24) is 0 Å². The van der Waals surface area contributed by atoms with Gasteiger partial charge in [-0.3, -0.25) is 4.79 Å². The molecule has 3 N–H and O–H groups in total. The van der Waals surface area contributed by atoms with Gasteiger partial charge in [-0.25, -0.2) is 0 Å². The fourth-order valence-electron chi connectivity index (χ4n) is 1.83. The van der Waals surface area contributed by atoms with Crippen molar-refractivity contribution in [3.05, 3.63) is 29.3 Å². The van der Waals surface area contributed by atoms with Crippen molar-refractivity contribution in [3.8, 4) is 0 Å². The highest BCUT2D eigenvalue weighted by molar-refractivity contribution is 5.90. The maximum Gasteiger partial charge on any atom is 0.418 e. The molecule has 0 spiro atoms. The average molecular weight is 274 g/mol. The lowest BCUT2D eigenvalue weighted by molar-refractivity contribution is -0.137. The van der Waals surface area contributed by atoms with Crippen LogP contribution in [0.4, 0.5) is 18.9 Å². The molecule has 0 aliphatic heterocycles. The molecule has 19 heavy (non-hydrogen) atoms. The average Bonchev–Trinajstić information content (AvgIpc) is 2.29. The number of aryl methyl sites for hydroxylation is 1. The molecule has 0 saturated heterocycles. The number of para-hydroxylation sites is 1. The minimum Gasteiger partial charge on any atom is -0.330 e. The lowest BCUT2D eigenvalue weighted by Gasteiger charge is -2.17. The number of hydrogen-bond donors (Lipinski definition) is 2. The summed E-state index contributed by atoms with van der Waals surface area (Å²) in [6.45, 7) is 1.69. The quantitative estimate of drug-likeness (QED) is 0.811. The molecule has 0 unspecified atom stereocenters. The molecule has 0 aliphatic rings. The SMILES string of the molecule is CC(=O)Nc1c(CCCCN)cccc1C(F)(F)F. The molecule has 0 aromatic heterocycles. The van der Waals surface area contributed by atoms with Crippen LogP contribution in [-0.2, 0) is 17.4 Å². The topological polar surface area (TPSA) is 55.1 Å². The fraction of sp³-hybridized carbons (Fsp3) is 0.462. The van der Waals surface area contributed by atoms with Crippen LogP contribution < -0.4 is 11.1 Å². The maximum absolute atomic E-state index is 12.9. The minimum atomic E-state index is -4.48. The van der Waals surface area contributed by atoms with Crippen LogP contribution in [-0.4, -0.2) is 12.5 Å². The smallest absolute Gasteiger partial charge is 0.330 e. The first-order valence-corrected chi connectivity index (χ1v) is 6.03. The van der Waals surface area contributed by atoms with Gasteiger partial charge in [-0.15, -0.1) is 0 Å². The number of nitrogens with two attached hydrogens (primary N) is 1. The van der Waals surface area contributed by atoms with Crippen molar-refractivity contribution >= 4 is 11.6 Å². The molecule has 0 radical (unpaired) electrons. The van der Waals surface area contributed by atoms with Gasteiger partial charge in [0.25, 0.3) is 0 Å². The van der Waals surface area contributed by atoms with Gasteiger partial charge in [0.15, 0.2) is 0 Å². The monoisotopic (exact) mass is 274 g/mol. The Morgan fingerprint density at radius 2 is 2.00 bits per heavy atom. The summed E-state index contributed by atoms with van der Waals surface area (Å²) in [4.78, 5) is 11.1. The van der Waals surface area contributed by atoms with Crippen molar-refractivity contribution in [2.45, 2.75) is 32.4 Å². The summed E-state index contributed by atoms with van der Waals surface area (Å²) in [5.74, 6) is -0.517. The largest absolute Gasteiger partial charge is 0.418 e. The molecule has 0 saturated carbocycles. The van der Waals surface area contributed by atoms with E-state index in [4.69, 9.17) is 5.73 Å². The van der Waals surface area contributed by atoms with Crippen LogP contribution in [0.2, 0.25) is 0 Å². The molecule has 3 nitrogen and oxygen atoms in total. The number of benzene rings is 1. The molecule has 1 rings (SSSR count). The summed E-state index contributed by atoms with van der Waals surface area (Å²) in [7, 11) is 0. The Morgan fingerprint density at radius 3 is 2.53 bits per heavy atom. The molecule has 0 heterocycles. The van der Waals surface area contributed by atoms with E-state index in [9.17, 15) is 18.0 Å². The van der Waals surface area contributed by atoms with Gasteiger partial charge in [-0.05, 0) is 37.4 Å². The van der Waals surface area contributed by atoms with Crippen molar-refractivity contribution < 1.29 is 18.0 Å². The van der Waals surface area contributed by atoms with Crippen molar-refractivity contribution in [1.29, 1.82) is 0 Å². The lowest BCUT2D eigenvalue weighted by Crippen LogP contribution is -2.16. The van der Waals surface area contributed by atoms with Gasteiger partial charge < -0.3 is 11.1 Å². The highest BCUT2D eigenvalue weighted by Crippen LogP contribution is 2.37. The third kappa shape index (κ3) is 4.55. The fourth-order valence-corrected chi connectivity index (χ4v) is 1.83. The first kappa shape index (κ1) is 15.5. The normalized spacial score (nSPS) is 11.4. The lowest BCUT2D eigenvalue weighted by atomic mass is 10.0. The predicted molar refractivity (Wildman–Crippen MR) is 67.7 cm³/mol. The second-order valence-corrected chi connectivity index (χ2v) is 4.26. The second kappa shape index (κ2) is 6.56. The molecule has 0 bridgehead atoms. The Morgan fingerprint density at radius 1 is 1.32 bits per heavy atom. The Kier molecular flexibility index (Phi) is 5.35. The van der Waals surface area contributed by atoms with E-state index in [1.165, 1.54) is 13.0 Å². The summed E-state index contributed by atoms with van der Waals surface area (Å²) >= 11 is 0. The molecule has 1 amide bonds. The molecular weight excluding hydrogens is 257 g/mol. The molecule has 0 aliphatic carbocycles. The van der Waals surface area contributed by atoms with Gasteiger partial charge in [0.05, 0.1) is 11.3 Å². The van der Waals surface area contributed by atoms with E-state index in [-0.39, 0.29) is 5.69 Å². The molecule has 0 atom stereocenters. The highest BCUT2D eigenvalue weighted by atomic mass is 19.4. The van der Waals surface area contributed by atoms with Crippen LogP contribution in [0.5, 0.6) is 0 Å². The second-order valence-electron chi connectivity index (χ2n) is 4.26. The Balaban J connectivity index is 3.11. The third-order valence-corrected chi connectivity index (χ3v) is 2.66. The van der Waals surface area contributed by atoms with Crippen LogP contribution in [0.15, 0.2) is 18.2 Å². The van der Waals surface area contributed by atoms with E-state index in [1.54, 1.807) is 6.07 Å². The molecule has 106 valence electrons. The molecule has 1 aromatic carbocycles. The van der Waals surface area contributed by atoms with Gasteiger partial charge in [-0.1, -0.05) is 12.1 Å². The number of unbranched alkanes of at least 4 members (excludes halogenated alkanes) is 1. The summed E-state index contributed by atoms with van der Waals surface area (Å²) in [5.41, 5.74) is 4.89. The van der Waals surface area contributed by atoms with Gasteiger partial charge in [0, 0.05) is 6.92 Å². The van der Waals surface area contributed by atoms with Gasteiger partial charge in [-0.2, -0.15) is 13.2 Å². The number of rotatable bonds is 5. The van der Waals surface area contributed by atoms with Crippen molar-refractivity contribution in [2.24, 2.45) is 5.73 Å². The number of anilines is 1. The van der Waals surface area contributed by atoms with Gasteiger partial charge in [0.1, 0.15) is 0 Å². The molecule has 1 aromatic rings. The molecular formula is C13H17F3N2O. The minimum absolute atomic E-state index is 0.139. The maximum atomic E-state index is 12.9. The van der Waals surface area contributed by atoms with E-state index in [0.29, 0.717) is 24.9 Å². The summed E-state index contributed by atoms with van der Waals surface area (Å²) in [6, 6.07) is 3.92. The Hall–Kier alpha value is -1.56. The Bertz CT molecular complexity index is 444. The van der Waals surface area contributed by atoms with Crippen LogP contribution in [0.3, 0.4) is 0 Å². The van der Waals surface area contributed by atoms with Crippen molar-refractivity contribution in [2.75, 3.05) is 11.9 Å². The zero-order valence-corrected chi connectivity index (χ0v) is 10.7. The first-order valence-electron chi connectivity index (χ1n) is 6.03. The number of halogens is 3. The zero-order chi connectivity index (χ0) is 14.5. The summed E-state index contributed by atoms with van der Waals surface area (Å²) < 4.78 is 38.7. The number of nitrogens with one attached hydrogen (secondary N) is 1. The van der Waals surface area contributed by atoms with Crippen LogP contribution in [0.25, 0.3) is 0 Å². The van der Waals surface area contributed by atoms with Crippen LogP contribution >= 0.6 is 0 Å². The third-order valence-electron chi connectivity index (χ3n) is 2.66. The molecule has 0 fully saturated rings. The van der Waals surface area contributed by atoms with Gasteiger partial charge in [0.2, 0.25) is 5.91 Å². The van der Waals surface area contributed by atoms with E-state index < -0.39 is 17.6 Å². The van der Waals surface area contributed by atoms with E-state index in [0.717, 1.165) is 12.5 Å². The molecule has 6 heteroatoms. The predicted octanol–water partition coefficient (Wildman–Crippen LogP) is 2.95. The van der Waals surface area contributed by atoms with Crippen LogP contribution in [0.1, 0.15) is 30.9 Å². The number of carbonyl (C=O) groups excluding carboxylic acids is 1. The van der Waals surface area contributed by atoms with Crippen LogP contribution in [0, 0.1) is 0 Å². The zero-order valence-electron chi connectivity index (χ0n) is 10.7. The summed E-state index contributed by atoms with van der Waals surface area (Å²) in [5, 5.41) is 2.29. The van der Waals surface area contributed by atoms with E-state index in [1.807, 2.05) is 0 Å².